The van der Waals surface area contributed by atoms with Crippen molar-refractivity contribution in [1.82, 2.24) is 19.9 Å². The number of aromatic amines is 1. The number of aromatic nitrogens is 3. The van der Waals surface area contributed by atoms with E-state index in [0.717, 1.165) is 6.07 Å². The Morgan fingerprint density at radius 3 is 2.25 bits per heavy atom. The third-order valence-electron chi connectivity index (χ3n) is 7.18. The summed E-state index contributed by atoms with van der Waals surface area (Å²) in [7, 11) is 0. The fourth-order valence-corrected chi connectivity index (χ4v) is 5.22. The van der Waals surface area contributed by atoms with Gasteiger partial charge in [0.2, 0.25) is 11.9 Å². The van der Waals surface area contributed by atoms with Crippen LogP contribution in [0.2, 0.25) is 0 Å². The number of hydrogen-bond acceptors (Lipinski definition) is 6. The molecule has 8 nitrogen and oxygen atoms in total. The Morgan fingerprint density at radius 1 is 1.14 bits per heavy atom. The van der Waals surface area contributed by atoms with Crippen LogP contribution < -0.4 is 10.5 Å². The first kappa shape index (κ1) is 26.1. The Hall–Kier alpha value is -2.95. The van der Waals surface area contributed by atoms with Gasteiger partial charge < -0.3 is 19.9 Å². The lowest BCUT2D eigenvalue weighted by molar-refractivity contribution is -0.141. The van der Waals surface area contributed by atoms with E-state index in [1.54, 1.807) is 26.2 Å². The highest BCUT2D eigenvalue weighted by molar-refractivity contribution is 5.80. The summed E-state index contributed by atoms with van der Waals surface area (Å²) in [5, 5.41) is 10.1. The number of anilines is 1. The van der Waals surface area contributed by atoms with Gasteiger partial charge in [-0.05, 0) is 64.5 Å². The summed E-state index contributed by atoms with van der Waals surface area (Å²) in [5.74, 6) is 0.580. The molecule has 4 rings (SSSR count). The molecule has 2 aliphatic rings. The topological polar surface area (TPSA) is 102 Å². The lowest BCUT2D eigenvalue weighted by Gasteiger charge is -2.47. The first-order chi connectivity index (χ1) is 16.7. The van der Waals surface area contributed by atoms with E-state index < -0.39 is 22.9 Å². The van der Waals surface area contributed by atoms with Crippen LogP contribution in [-0.2, 0) is 23.0 Å². The maximum atomic E-state index is 13.2. The number of H-pyrrole nitrogens is 1. The number of carbonyl (C=O) groups excluding carboxylic acids is 1. The van der Waals surface area contributed by atoms with Crippen LogP contribution in [0.3, 0.4) is 0 Å². The van der Waals surface area contributed by atoms with Gasteiger partial charge in [0.15, 0.2) is 0 Å². The third-order valence-corrected chi connectivity index (χ3v) is 7.18. The number of rotatable bonds is 5. The van der Waals surface area contributed by atoms with Crippen LogP contribution in [0, 0.1) is 11.8 Å². The standard InChI is InChI=1S/C25H32F3N5O3/c1-14-12-32(13-15(2)33(14)23-30-10-19(11-31-23)24(3,4)36)22(35)18-6-16(7-18)5-17-8-20(25(26,27)28)21(34)29-9-17/h8-11,14-16,18,36H,5-7,12-13H2,1-4H3,(H,29,34)/t14-,15+,16?,18?. The predicted molar refractivity (Wildman–Crippen MR) is 127 cm³/mol. The minimum atomic E-state index is -4.69. The number of nitrogens with zero attached hydrogens (tertiary/aromatic N) is 4. The Labute approximate surface area is 207 Å². The zero-order valence-electron chi connectivity index (χ0n) is 20.8. The van der Waals surface area contributed by atoms with Gasteiger partial charge in [-0.2, -0.15) is 13.2 Å². The molecule has 1 amide bonds. The highest BCUT2D eigenvalue weighted by Crippen LogP contribution is 2.38. The van der Waals surface area contributed by atoms with Crippen molar-refractivity contribution in [3.8, 4) is 0 Å². The van der Waals surface area contributed by atoms with E-state index in [9.17, 15) is 27.9 Å². The molecular formula is C25H32F3N5O3. The van der Waals surface area contributed by atoms with E-state index in [2.05, 4.69) is 19.9 Å². The Kier molecular flexibility index (Phi) is 6.89. The molecule has 2 aromatic rings. The minimum Gasteiger partial charge on any atom is -0.386 e. The van der Waals surface area contributed by atoms with Crippen molar-refractivity contribution in [2.75, 3.05) is 18.0 Å². The van der Waals surface area contributed by atoms with Crippen LogP contribution in [0.5, 0.6) is 0 Å². The zero-order valence-corrected chi connectivity index (χ0v) is 20.8. The number of amides is 1. The summed E-state index contributed by atoms with van der Waals surface area (Å²) in [6, 6.07) is 0.888. The van der Waals surface area contributed by atoms with Crippen molar-refractivity contribution in [2.45, 2.75) is 70.8 Å². The van der Waals surface area contributed by atoms with Crippen LogP contribution in [-0.4, -0.2) is 56.0 Å². The van der Waals surface area contributed by atoms with Crippen molar-refractivity contribution in [1.29, 1.82) is 0 Å². The number of carbonyl (C=O) groups is 1. The molecule has 2 fully saturated rings. The van der Waals surface area contributed by atoms with Crippen molar-refractivity contribution < 1.29 is 23.1 Å². The maximum Gasteiger partial charge on any atom is 0.421 e. The number of piperazine rings is 1. The summed E-state index contributed by atoms with van der Waals surface area (Å²) >= 11 is 0. The molecule has 0 spiro atoms. The molecule has 1 saturated heterocycles. The second-order valence-corrected chi connectivity index (χ2v) is 10.7. The molecule has 1 aliphatic heterocycles. The summed E-state index contributed by atoms with van der Waals surface area (Å²) in [6.45, 7) is 8.42. The molecule has 2 atom stereocenters. The van der Waals surface area contributed by atoms with Crippen molar-refractivity contribution in [3.05, 3.63) is 51.7 Å². The Bertz CT molecular complexity index is 1140. The fourth-order valence-electron chi connectivity index (χ4n) is 5.22. The van der Waals surface area contributed by atoms with E-state index in [0.29, 0.717) is 49.4 Å². The normalized spacial score (nSPS) is 25.0. The second kappa shape index (κ2) is 9.49. The van der Waals surface area contributed by atoms with E-state index in [1.165, 1.54) is 6.20 Å². The molecule has 0 unspecified atom stereocenters. The van der Waals surface area contributed by atoms with E-state index in [-0.39, 0.29) is 29.8 Å². The largest absolute Gasteiger partial charge is 0.421 e. The van der Waals surface area contributed by atoms with E-state index in [4.69, 9.17) is 0 Å². The summed E-state index contributed by atoms with van der Waals surface area (Å²) in [5.41, 5.74) is -2.32. The molecule has 11 heteroatoms. The molecule has 2 aromatic heterocycles. The quantitative estimate of drug-likeness (QED) is 0.645. The SMILES string of the molecule is C[C@@H]1CN(C(=O)C2CC(Cc3c[nH]c(=O)c(C(F)(F)F)c3)C2)C[C@H](C)N1c1ncc(C(C)(C)O)cn1. The number of halogens is 3. The lowest BCUT2D eigenvalue weighted by atomic mass is 9.71. The van der Waals surface area contributed by atoms with Gasteiger partial charge in [0, 0.05) is 55.2 Å². The molecule has 1 aliphatic carbocycles. The first-order valence-corrected chi connectivity index (χ1v) is 12.1. The van der Waals surface area contributed by atoms with Gasteiger partial charge in [-0.25, -0.2) is 9.97 Å². The zero-order chi connectivity index (χ0) is 26.4. The average Bonchev–Trinajstić information content (AvgIpc) is 2.75. The summed E-state index contributed by atoms with van der Waals surface area (Å²) in [4.78, 5) is 39.6. The fraction of sp³-hybridized carbons (Fsp3) is 0.600. The van der Waals surface area contributed by atoms with Crippen LogP contribution in [0.1, 0.15) is 57.2 Å². The van der Waals surface area contributed by atoms with Crippen LogP contribution in [0.25, 0.3) is 0 Å². The smallest absolute Gasteiger partial charge is 0.386 e. The molecule has 0 radical (unpaired) electrons. The lowest BCUT2D eigenvalue weighted by Crippen LogP contribution is -2.60. The van der Waals surface area contributed by atoms with Crippen molar-refractivity contribution in [3.63, 3.8) is 0 Å². The molecule has 196 valence electrons. The van der Waals surface area contributed by atoms with Gasteiger partial charge in [-0.15, -0.1) is 0 Å². The first-order valence-electron chi connectivity index (χ1n) is 12.1. The maximum absolute atomic E-state index is 13.2. The van der Waals surface area contributed by atoms with Crippen LogP contribution in [0.4, 0.5) is 19.1 Å². The van der Waals surface area contributed by atoms with Crippen LogP contribution in [0.15, 0.2) is 29.5 Å². The molecule has 0 aromatic carbocycles. The highest BCUT2D eigenvalue weighted by atomic mass is 19.4. The molecule has 1 saturated carbocycles. The third kappa shape index (κ3) is 5.40. The molecule has 36 heavy (non-hydrogen) atoms. The summed E-state index contributed by atoms with van der Waals surface area (Å²) < 4.78 is 39.0. The molecule has 2 N–H and O–H groups in total. The van der Waals surface area contributed by atoms with Gasteiger partial charge in [-0.1, -0.05) is 0 Å². The Morgan fingerprint density at radius 2 is 1.72 bits per heavy atom. The molecule has 3 heterocycles. The van der Waals surface area contributed by atoms with Gasteiger partial charge in [0.05, 0.1) is 5.60 Å². The summed E-state index contributed by atoms with van der Waals surface area (Å²) in [6.07, 6.45) is 1.49. The van der Waals surface area contributed by atoms with Crippen molar-refractivity contribution >= 4 is 11.9 Å². The van der Waals surface area contributed by atoms with Gasteiger partial charge in [-0.3, -0.25) is 9.59 Å². The number of pyridine rings is 1. The minimum absolute atomic E-state index is 0.0107. The monoisotopic (exact) mass is 507 g/mol. The number of aliphatic hydroxyl groups is 1. The Balaban J connectivity index is 1.33. The number of alkyl halides is 3. The second-order valence-electron chi connectivity index (χ2n) is 10.7. The molecular weight excluding hydrogens is 475 g/mol. The van der Waals surface area contributed by atoms with Crippen molar-refractivity contribution in [2.24, 2.45) is 11.8 Å². The van der Waals surface area contributed by atoms with E-state index >= 15 is 0 Å². The van der Waals surface area contributed by atoms with Gasteiger partial charge in [0.25, 0.3) is 5.56 Å². The van der Waals surface area contributed by atoms with Gasteiger partial charge >= 0.3 is 6.18 Å². The van der Waals surface area contributed by atoms with Gasteiger partial charge in [0.1, 0.15) is 5.56 Å². The highest BCUT2D eigenvalue weighted by Gasteiger charge is 2.41. The molecule has 0 bridgehead atoms. The predicted octanol–water partition coefficient (Wildman–Crippen LogP) is 3.11. The van der Waals surface area contributed by atoms with Crippen LogP contribution >= 0.6 is 0 Å². The number of hydrogen-bond donors (Lipinski definition) is 2. The van der Waals surface area contributed by atoms with E-state index in [1.807, 2.05) is 18.7 Å². The number of nitrogens with one attached hydrogen (secondary N) is 1. The average molecular weight is 508 g/mol.